The first-order chi connectivity index (χ1) is 13.3. The number of alkyl halides is 3. The number of hydrogen-bond acceptors (Lipinski definition) is 5. The fourth-order valence-electron chi connectivity index (χ4n) is 3.61. The van der Waals surface area contributed by atoms with Crippen LogP contribution in [-0.2, 0) is 10.9 Å². The monoisotopic (exact) mass is 416 g/mol. The number of nitrogens with zero attached hydrogens (tertiary/aromatic N) is 2. The molecular weight excluding hydrogens is 393 g/mol. The van der Waals surface area contributed by atoms with E-state index in [9.17, 15) is 18.0 Å². The molecule has 0 aliphatic carbocycles. The minimum atomic E-state index is -4.52. The average molecular weight is 416 g/mol. The van der Waals surface area contributed by atoms with Crippen molar-refractivity contribution >= 4 is 23.4 Å². The Bertz CT molecular complexity index is 736. The Morgan fingerprint density at radius 3 is 2.64 bits per heavy atom. The summed E-state index contributed by atoms with van der Waals surface area (Å²) < 4.78 is 50.1. The van der Waals surface area contributed by atoms with Crippen LogP contribution in [0.2, 0.25) is 0 Å². The quantitative estimate of drug-likeness (QED) is 0.697. The van der Waals surface area contributed by atoms with Gasteiger partial charge in [0.1, 0.15) is 5.75 Å². The summed E-state index contributed by atoms with van der Waals surface area (Å²) in [4.78, 5) is 19.7. The molecule has 28 heavy (non-hydrogen) atoms. The molecule has 2 fully saturated rings. The zero-order valence-electron chi connectivity index (χ0n) is 15.8. The molecule has 1 amide bonds. The minimum absolute atomic E-state index is 0.0571. The molecule has 0 N–H and O–H groups in total. The van der Waals surface area contributed by atoms with E-state index < -0.39 is 17.6 Å². The Kier molecular flexibility index (Phi) is 6.67. The van der Waals surface area contributed by atoms with Crippen molar-refractivity contribution in [3.8, 4) is 5.75 Å². The normalized spacial score (nSPS) is 22.6. The van der Waals surface area contributed by atoms with Crippen molar-refractivity contribution in [3.63, 3.8) is 0 Å². The number of benzene rings is 1. The van der Waals surface area contributed by atoms with Crippen molar-refractivity contribution in [2.75, 3.05) is 39.7 Å². The third-order valence-electron chi connectivity index (χ3n) is 5.04. The number of aliphatic imine (C=N–C) groups is 1. The molecule has 3 rings (SSSR count). The second-order valence-electron chi connectivity index (χ2n) is 6.75. The number of carbonyl (C=O) groups is 1. The van der Waals surface area contributed by atoms with E-state index in [0.717, 1.165) is 55.5 Å². The van der Waals surface area contributed by atoms with Gasteiger partial charge in [-0.15, -0.1) is 11.8 Å². The predicted octanol–water partition coefficient (Wildman–Crippen LogP) is 3.90. The number of methoxy groups -OCH3 is 1. The van der Waals surface area contributed by atoms with Crippen LogP contribution in [0.4, 0.5) is 13.2 Å². The summed E-state index contributed by atoms with van der Waals surface area (Å²) in [7, 11) is 1.25. The molecular formula is C19H23F3N2O3S. The van der Waals surface area contributed by atoms with E-state index in [4.69, 9.17) is 9.47 Å². The smallest absolute Gasteiger partial charge is 0.416 e. The molecule has 1 aromatic carbocycles. The molecule has 0 spiro atoms. The van der Waals surface area contributed by atoms with Crippen molar-refractivity contribution in [2.24, 2.45) is 4.99 Å². The highest BCUT2D eigenvalue weighted by molar-refractivity contribution is 7.98. The van der Waals surface area contributed by atoms with Gasteiger partial charge in [-0.3, -0.25) is 9.69 Å². The van der Waals surface area contributed by atoms with E-state index in [1.54, 1.807) is 6.26 Å². The van der Waals surface area contributed by atoms with Gasteiger partial charge in [0.05, 0.1) is 37.5 Å². The van der Waals surface area contributed by atoms with E-state index >= 15 is 0 Å². The van der Waals surface area contributed by atoms with Crippen LogP contribution in [0.1, 0.15) is 35.2 Å². The van der Waals surface area contributed by atoms with Gasteiger partial charge in [0.15, 0.2) is 0 Å². The van der Waals surface area contributed by atoms with Gasteiger partial charge in [0.25, 0.3) is 5.91 Å². The van der Waals surface area contributed by atoms with Crippen LogP contribution < -0.4 is 4.74 Å². The second-order valence-corrected chi connectivity index (χ2v) is 7.59. The number of amides is 1. The van der Waals surface area contributed by atoms with Crippen molar-refractivity contribution in [3.05, 3.63) is 23.3 Å². The SMILES string of the molecule is COc1cc(C(F)(F)F)cc(SC)c1C(=O)N=C1CCOCC1N1CCCC1. The van der Waals surface area contributed by atoms with E-state index in [1.165, 1.54) is 7.11 Å². The zero-order chi connectivity index (χ0) is 20.3. The molecule has 9 heteroatoms. The van der Waals surface area contributed by atoms with Crippen molar-refractivity contribution in [1.82, 2.24) is 4.90 Å². The van der Waals surface area contributed by atoms with Crippen LogP contribution in [0.5, 0.6) is 5.75 Å². The number of halogens is 3. The van der Waals surface area contributed by atoms with Crippen LogP contribution in [0.15, 0.2) is 22.0 Å². The van der Waals surface area contributed by atoms with E-state index in [0.29, 0.717) is 19.6 Å². The molecule has 0 saturated carbocycles. The fraction of sp³-hybridized carbons (Fsp3) is 0.579. The summed E-state index contributed by atoms with van der Waals surface area (Å²) in [6.07, 6.45) is -0.167. The third-order valence-corrected chi connectivity index (χ3v) is 5.80. The molecule has 2 aliphatic heterocycles. The molecule has 5 nitrogen and oxygen atoms in total. The molecule has 2 heterocycles. The van der Waals surface area contributed by atoms with Gasteiger partial charge in [0.2, 0.25) is 0 Å². The van der Waals surface area contributed by atoms with Crippen LogP contribution in [-0.4, -0.2) is 62.2 Å². The van der Waals surface area contributed by atoms with Gasteiger partial charge in [-0.05, 0) is 44.3 Å². The Hall–Kier alpha value is -1.58. The van der Waals surface area contributed by atoms with Crippen LogP contribution in [0.25, 0.3) is 0 Å². The summed E-state index contributed by atoms with van der Waals surface area (Å²) in [6, 6.07) is 1.77. The van der Waals surface area contributed by atoms with Crippen LogP contribution in [0, 0.1) is 0 Å². The summed E-state index contributed by atoms with van der Waals surface area (Å²) in [5.41, 5.74) is -0.0479. The van der Waals surface area contributed by atoms with E-state index in [1.807, 2.05) is 0 Å². The molecule has 0 aromatic heterocycles. The van der Waals surface area contributed by atoms with Gasteiger partial charge in [-0.2, -0.15) is 13.2 Å². The number of thioether (sulfide) groups is 1. The first-order valence-electron chi connectivity index (χ1n) is 9.12. The lowest BCUT2D eigenvalue weighted by atomic mass is 10.0. The first-order valence-corrected chi connectivity index (χ1v) is 10.3. The Morgan fingerprint density at radius 2 is 2.04 bits per heavy atom. The summed E-state index contributed by atoms with van der Waals surface area (Å²) >= 11 is 1.07. The molecule has 1 atom stereocenters. The summed E-state index contributed by atoms with van der Waals surface area (Å²) in [5, 5.41) is 0. The van der Waals surface area contributed by atoms with Gasteiger partial charge >= 0.3 is 6.18 Å². The topological polar surface area (TPSA) is 51.1 Å². The van der Waals surface area contributed by atoms with Crippen molar-refractivity contribution in [2.45, 2.75) is 36.4 Å². The van der Waals surface area contributed by atoms with Crippen LogP contribution >= 0.6 is 11.8 Å². The Morgan fingerprint density at radius 1 is 1.32 bits per heavy atom. The molecule has 1 aromatic rings. The lowest BCUT2D eigenvalue weighted by molar-refractivity contribution is -0.137. The van der Waals surface area contributed by atoms with E-state index in [2.05, 4.69) is 9.89 Å². The molecule has 0 radical (unpaired) electrons. The zero-order valence-corrected chi connectivity index (χ0v) is 16.7. The van der Waals surface area contributed by atoms with Crippen molar-refractivity contribution < 1.29 is 27.4 Å². The first kappa shape index (κ1) is 21.1. The number of ether oxygens (including phenoxy) is 2. The average Bonchev–Trinajstić information content (AvgIpc) is 3.21. The Balaban J connectivity index is 1.97. The highest BCUT2D eigenvalue weighted by atomic mass is 32.2. The largest absolute Gasteiger partial charge is 0.496 e. The molecule has 0 bridgehead atoms. The number of rotatable bonds is 4. The fourth-order valence-corrected chi connectivity index (χ4v) is 4.24. The molecule has 2 aliphatic rings. The van der Waals surface area contributed by atoms with Gasteiger partial charge in [-0.1, -0.05) is 0 Å². The third kappa shape index (κ3) is 4.52. The van der Waals surface area contributed by atoms with Gasteiger partial charge in [0, 0.05) is 17.0 Å². The maximum atomic E-state index is 13.2. The highest BCUT2D eigenvalue weighted by Gasteiger charge is 2.34. The maximum absolute atomic E-state index is 13.2. The summed E-state index contributed by atoms with van der Waals surface area (Å²) in [5.74, 6) is -0.686. The summed E-state index contributed by atoms with van der Waals surface area (Å²) in [6.45, 7) is 2.82. The number of hydrogen-bond donors (Lipinski definition) is 0. The van der Waals surface area contributed by atoms with Crippen molar-refractivity contribution in [1.29, 1.82) is 0 Å². The standard InChI is InChI=1S/C19H23F3N2O3S/c1-26-15-9-12(19(20,21)22)10-16(28-2)17(15)18(25)23-13-5-8-27-11-14(13)24-6-3-4-7-24/h9-10,14H,3-8,11H2,1-2H3. The number of likely N-dealkylation sites (tertiary alicyclic amines) is 1. The van der Waals surface area contributed by atoms with Crippen LogP contribution in [0.3, 0.4) is 0 Å². The molecule has 2 saturated heterocycles. The highest BCUT2D eigenvalue weighted by Crippen LogP contribution is 2.38. The van der Waals surface area contributed by atoms with E-state index in [-0.39, 0.29) is 22.3 Å². The predicted molar refractivity (Wildman–Crippen MR) is 102 cm³/mol. The lowest BCUT2D eigenvalue weighted by Gasteiger charge is -2.32. The van der Waals surface area contributed by atoms with Gasteiger partial charge in [-0.25, -0.2) is 4.99 Å². The van der Waals surface area contributed by atoms with Gasteiger partial charge < -0.3 is 9.47 Å². The molecule has 1 unspecified atom stereocenters. The lowest BCUT2D eigenvalue weighted by Crippen LogP contribution is -2.46. The minimum Gasteiger partial charge on any atom is -0.496 e. The molecule has 154 valence electrons. The second kappa shape index (κ2) is 8.84. The Labute approximate surface area is 166 Å². The maximum Gasteiger partial charge on any atom is 0.416 e. The number of carbonyl (C=O) groups excluding carboxylic acids is 1.